The topological polar surface area (TPSA) is 74.7 Å². The normalized spacial score (nSPS) is 9.75. The second kappa shape index (κ2) is 4.45. The molecule has 0 aromatic carbocycles. The zero-order chi connectivity index (χ0) is 11.4. The molecule has 0 aliphatic carbocycles. The number of nitrogens with one attached hydrogen (secondary N) is 1. The Morgan fingerprint density at radius 2 is 2.38 bits per heavy atom. The third-order valence-electron chi connectivity index (χ3n) is 1.97. The van der Waals surface area contributed by atoms with Crippen LogP contribution in [-0.4, -0.2) is 9.97 Å². The van der Waals surface area contributed by atoms with Crippen LogP contribution in [0.3, 0.4) is 0 Å². The molecule has 2 heterocycles. The summed E-state index contributed by atoms with van der Waals surface area (Å²) in [4.78, 5) is 8.19. The van der Waals surface area contributed by atoms with E-state index in [0.29, 0.717) is 18.2 Å². The highest BCUT2D eigenvalue weighted by molar-refractivity contribution is 5.33. The SMILES string of the molecule is Cc1cc(C#N)nc(NCc2ccco2)n1. The number of aromatic nitrogens is 2. The number of anilines is 1. The van der Waals surface area contributed by atoms with E-state index in [-0.39, 0.29) is 0 Å². The van der Waals surface area contributed by atoms with Crippen molar-refractivity contribution in [3.63, 3.8) is 0 Å². The van der Waals surface area contributed by atoms with Gasteiger partial charge in [0.25, 0.3) is 0 Å². The summed E-state index contributed by atoms with van der Waals surface area (Å²) in [5.74, 6) is 1.23. The molecule has 2 aromatic rings. The van der Waals surface area contributed by atoms with Crippen molar-refractivity contribution in [2.75, 3.05) is 5.32 Å². The highest BCUT2D eigenvalue weighted by Gasteiger charge is 2.02. The van der Waals surface area contributed by atoms with E-state index in [1.54, 1.807) is 12.3 Å². The Kier molecular flexibility index (Phi) is 2.83. The molecule has 0 radical (unpaired) electrons. The highest BCUT2D eigenvalue weighted by Crippen LogP contribution is 2.06. The summed E-state index contributed by atoms with van der Waals surface area (Å²) in [6, 6.07) is 7.29. The molecule has 0 aliphatic rings. The highest BCUT2D eigenvalue weighted by atomic mass is 16.3. The Morgan fingerprint density at radius 3 is 3.06 bits per heavy atom. The zero-order valence-electron chi connectivity index (χ0n) is 8.77. The molecule has 0 saturated heterocycles. The van der Waals surface area contributed by atoms with E-state index in [1.807, 2.05) is 25.1 Å². The number of hydrogen-bond donors (Lipinski definition) is 1. The minimum Gasteiger partial charge on any atom is -0.467 e. The summed E-state index contributed by atoms with van der Waals surface area (Å²) < 4.78 is 5.16. The molecule has 0 spiro atoms. The van der Waals surface area contributed by atoms with Gasteiger partial charge in [0.15, 0.2) is 0 Å². The molecule has 5 heteroatoms. The molecule has 2 aromatic heterocycles. The Hall–Kier alpha value is -2.35. The predicted octanol–water partition coefficient (Wildman–Crippen LogP) is 1.86. The van der Waals surface area contributed by atoms with Gasteiger partial charge in [-0.3, -0.25) is 0 Å². The molecule has 1 N–H and O–H groups in total. The molecule has 5 nitrogen and oxygen atoms in total. The first-order valence-electron chi connectivity index (χ1n) is 4.80. The summed E-state index contributed by atoms with van der Waals surface area (Å²) in [7, 11) is 0. The van der Waals surface area contributed by atoms with E-state index >= 15 is 0 Å². The molecule has 0 saturated carbocycles. The van der Waals surface area contributed by atoms with Gasteiger partial charge in [0.1, 0.15) is 17.5 Å². The number of furan rings is 1. The van der Waals surface area contributed by atoms with Crippen molar-refractivity contribution in [3.8, 4) is 6.07 Å². The monoisotopic (exact) mass is 214 g/mol. The van der Waals surface area contributed by atoms with Gasteiger partial charge in [-0.05, 0) is 25.1 Å². The van der Waals surface area contributed by atoms with Crippen molar-refractivity contribution in [2.24, 2.45) is 0 Å². The van der Waals surface area contributed by atoms with Crippen molar-refractivity contribution in [3.05, 3.63) is 41.6 Å². The Morgan fingerprint density at radius 1 is 1.50 bits per heavy atom. The molecular formula is C11H10N4O. The summed E-state index contributed by atoms with van der Waals surface area (Å²) in [6.45, 7) is 2.32. The van der Waals surface area contributed by atoms with Gasteiger partial charge in [-0.1, -0.05) is 0 Å². The molecule has 16 heavy (non-hydrogen) atoms. The van der Waals surface area contributed by atoms with Crippen LogP contribution in [0.15, 0.2) is 28.9 Å². The standard InChI is InChI=1S/C11H10N4O/c1-8-5-9(6-12)15-11(14-8)13-7-10-3-2-4-16-10/h2-5H,7H2,1H3,(H,13,14,15). The van der Waals surface area contributed by atoms with Gasteiger partial charge in [0.2, 0.25) is 5.95 Å². The van der Waals surface area contributed by atoms with E-state index in [9.17, 15) is 0 Å². The van der Waals surface area contributed by atoms with E-state index in [4.69, 9.17) is 9.68 Å². The molecule has 0 unspecified atom stereocenters. The fourth-order valence-corrected chi connectivity index (χ4v) is 1.28. The first kappa shape index (κ1) is 10.2. The molecule has 80 valence electrons. The summed E-state index contributed by atoms with van der Waals surface area (Å²) in [5.41, 5.74) is 1.11. The maximum Gasteiger partial charge on any atom is 0.224 e. The van der Waals surface area contributed by atoms with Gasteiger partial charge in [-0.25, -0.2) is 9.97 Å². The molecule has 0 fully saturated rings. The first-order chi connectivity index (χ1) is 7.78. The van der Waals surface area contributed by atoms with Crippen molar-refractivity contribution < 1.29 is 4.42 Å². The average Bonchev–Trinajstić information content (AvgIpc) is 2.78. The summed E-state index contributed by atoms with van der Waals surface area (Å²) in [5, 5.41) is 11.7. The van der Waals surface area contributed by atoms with Crippen LogP contribution in [0.2, 0.25) is 0 Å². The lowest BCUT2D eigenvalue weighted by molar-refractivity contribution is 0.517. The zero-order valence-corrected chi connectivity index (χ0v) is 8.77. The Bertz CT molecular complexity index is 513. The second-order valence-electron chi connectivity index (χ2n) is 3.26. The third-order valence-corrected chi connectivity index (χ3v) is 1.97. The number of nitrogens with zero attached hydrogens (tertiary/aromatic N) is 3. The van der Waals surface area contributed by atoms with Gasteiger partial charge in [0.05, 0.1) is 12.8 Å². The van der Waals surface area contributed by atoms with Gasteiger partial charge < -0.3 is 9.73 Å². The van der Waals surface area contributed by atoms with E-state index < -0.39 is 0 Å². The van der Waals surface area contributed by atoms with Crippen LogP contribution >= 0.6 is 0 Å². The molecule has 0 bridgehead atoms. The maximum atomic E-state index is 8.75. The van der Waals surface area contributed by atoms with Gasteiger partial charge in [0, 0.05) is 5.69 Å². The van der Waals surface area contributed by atoms with Crippen molar-refractivity contribution in [2.45, 2.75) is 13.5 Å². The fraction of sp³-hybridized carbons (Fsp3) is 0.182. The molecule has 0 atom stereocenters. The van der Waals surface area contributed by atoms with Crippen LogP contribution in [0.4, 0.5) is 5.95 Å². The number of nitriles is 1. The largest absolute Gasteiger partial charge is 0.467 e. The van der Waals surface area contributed by atoms with Crippen molar-refractivity contribution in [1.29, 1.82) is 5.26 Å². The lowest BCUT2D eigenvalue weighted by atomic mass is 10.3. The lowest BCUT2D eigenvalue weighted by Crippen LogP contribution is -2.04. The minimum absolute atomic E-state index is 0.356. The van der Waals surface area contributed by atoms with Crippen molar-refractivity contribution in [1.82, 2.24) is 9.97 Å². The molecule has 0 aliphatic heterocycles. The minimum atomic E-state index is 0.356. The molecule has 2 rings (SSSR count). The van der Waals surface area contributed by atoms with Crippen LogP contribution in [0.1, 0.15) is 17.1 Å². The third kappa shape index (κ3) is 2.36. The van der Waals surface area contributed by atoms with E-state index in [2.05, 4.69) is 15.3 Å². The average molecular weight is 214 g/mol. The lowest BCUT2D eigenvalue weighted by Gasteiger charge is -2.03. The number of hydrogen-bond acceptors (Lipinski definition) is 5. The first-order valence-corrected chi connectivity index (χ1v) is 4.80. The van der Waals surface area contributed by atoms with Gasteiger partial charge >= 0.3 is 0 Å². The smallest absolute Gasteiger partial charge is 0.224 e. The quantitative estimate of drug-likeness (QED) is 0.844. The Balaban J connectivity index is 2.10. The fourth-order valence-electron chi connectivity index (χ4n) is 1.28. The van der Waals surface area contributed by atoms with Crippen LogP contribution < -0.4 is 5.32 Å². The molecule has 0 amide bonds. The van der Waals surface area contributed by atoms with Crippen molar-refractivity contribution >= 4 is 5.95 Å². The number of rotatable bonds is 3. The summed E-state index contributed by atoms with van der Waals surface area (Å²) in [6.07, 6.45) is 1.61. The maximum absolute atomic E-state index is 8.75. The van der Waals surface area contributed by atoms with Gasteiger partial charge in [-0.15, -0.1) is 0 Å². The van der Waals surface area contributed by atoms with Gasteiger partial charge in [-0.2, -0.15) is 5.26 Å². The van der Waals surface area contributed by atoms with E-state index in [0.717, 1.165) is 11.5 Å². The second-order valence-corrected chi connectivity index (χ2v) is 3.26. The number of aryl methyl sites for hydroxylation is 1. The van der Waals surface area contributed by atoms with Crippen LogP contribution in [0.5, 0.6) is 0 Å². The Labute approximate surface area is 92.8 Å². The summed E-state index contributed by atoms with van der Waals surface area (Å²) >= 11 is 0. The molecular weight excluding hydrogens is 204 g/mol. The predicted molar refractivity (Wildman–Crippen MR) is 57.5 cm³/mol. The van der Waals surface area contributed by atoms with Crippen LogP contribution in [0.25, 0.3) is 0 Å². The van der Waals surface area contributed by atoms with Crippen LogP contribution in [-0.2, 0) is 6.54 Å². The van der Waals surface area contributed by atoms with E-state index in [1.165, 1.54) is 0 Å². The van der Waals surface area contributed by atoms with Crippen LogP contribution in [0, 0.1) is 18.3 Å².